The van der Waals surface area contributed by atoms with Gasteiger partial charge in [-0.2, -0.15) is 0 Å². The predicted octanol–water partition coefficient (Wildman–Crippen LogP) is 5.03. The highest BCUT2D eigenvalue weighted by atomic mass is 79.9. The Balaban J connectivity index is 1.32. The summed E-state index contributed by atoms with van der Waals surface area (Å²) in [7, 11) is 0. The van der Waals surface area contributed by atoms with Crippen LogP contribution in [0.15, 0.2) is 83.3 Å². The molecule has 1 heterocycles. The van der Waals surface area contributed by atoms with Gasteiger partial charge in [0.1, 0.15) is 5.75 Å². The predicted molar refractivity (Wildman–Crippen MR) is 124 cm³/mol. The maximum absolute atomic E-state index is 13.0. The van der Waals surface area contributed by atoms with Crippen LogP contribution in [0.1, 0.15) is 15.9 Å². The lowest BCUT2D eigenvalue weighted by Crippen LogP contribution is -2.48. The van der Waals surface area contributed by atoms with Crippen molar-refractivity contribution in [1.29, 1.82) is 0 Å². The van der Waals surface area contributed by atoms with Crippen LogP contribution in [0.4, 0.5) is 5.69 Å². The number of para-hydroxylation sites is 1. The van der Waals surface area contributed by atoms with Crippen LogP contribution in [0.2, 0.25) is 0 Å². The molecule has 3 aromatic rings. The monoisotopic (exact) mass is 464 g/mol. The summed E-state index contributed by atoms with van der Waals surface area (Å²) in [4.78, 5) is 17.2. The molecule has 0 unspecified atom stereocenters. The molecule has 0 aromatic heterocycles. The molecule has 0 bridgehead atoms. The maximum atomic E-state index is 13.0. The number of anilines is 1. The lowest BCUT2D eigenvalue weighted by Gasteiger charge is -2.36. The van der Waals surface area contributed by atoms with Gasteiger partial charge in [0.05, 0.1) is 11.1 Å². The fraction of sp³-hybridized carbons (Fsp3) is 0.240. The number of nitrogens with zero attached hydrogens (tertiary/aromatic N) is 2. The molecule has 0 spiro atoms. The third kappa shape index (κ3) is 5.03. The third-order valence-electron chi connectivity index (χ3n) is 5.36. The van der Waals surface area contributed by atoms with Gasteiger partial charge in [-0.25, -0.2) is 0 Å². The Morgan fingerprint density at radius 1 is 0.867 bits per heavy atom. The summed E-state index contributed by atoms with van der Waals surface area (Å²) in [6.45, 7) is 3.73. The first-order chi connectivity index (χ1) is 14.7. The van der Waals surface area contributed by atoms with Crippen LogP contribution in [0.25, 0.3) is 0 Å². The first-order valence-electron chi connectivity index (χ1n) is 10.3. The fourth-order valence-electron chi connectivity index (χ4n) is 3.66. The highest BCUT2D eigenvalue weighted by molar-refractivity contribution is 9.10. The zero-order valence-electron chi connectivity index (χ0n) is 16.8. The molecule has 1 fully saturated rings. The van der Waals surface area contributed by atoms with Crippen LogP contribution in [-0.4, -0.2) is 43.6 Å². The van der Waals surface area contributed by atoms with E-state index in [-0.39, 0.29) is 5.91 Å². The number of hydrogen-bond acceptors (Lipinski definition) is 3. The van der Waals surface area contributed by atoms with Crippen LogP contribution in [0.5, 0.6) is 5.75 Å². The molecule has 0 N–H and O–H groups in total. The van der Waals surface area contributed by atoms with Crippen LogP contribution in [0, 0.1) is 0 Å². The molecule has 0 atom stereocenters. The van der Waals surface area contributed by atoms with Gasteiger partial charge in [-0.05, 0) is 51.8 Å². The molecule has 154 valence electrons. The maximum Gasteiger partial charge on any atom is 0.254 e. The Morgan fingerprint density at radius 2 is 1.53 bits per heavy atom. The van der Waals surface area contributed by atoms with Crippen LogP contribution in [0.3, 0.4) is 0 Å². The molecule has 30 heavy (non-hydrogen) atoms. The van der Waals surface area contributed by atoms with Gasteiger partial charge in [0, 0.05) is 43.9 Å². The first kappa shape index (κ1) is 20.5. The lowest BCUT2D eigenvalue weighted by atomic mass is 10.1. The molecule has 5 heteroatoms. The summed E-state index contributed by atoms with van der Waals surface area (Å²) in [5.41, 5.74) is 3.14. The van der Waals surface area contributed by atoms with E-state index in [2.05, 4.69) is 45.1 Å². The van der Waals surface area contributed by atoms with E-state index in [1.165, 1.54) is 11.3 Å². The van der Waals surface area contributed by atoms with E-state index in [1.54, 1.807) is 0 Å². The number of carbonyl (C=O) groups is 1. The number of halogens is 1. The quantitative estimate of drug-likeness (QED) is 0.512. The largest absolute Gasteiger partial charge is 0.492 e. The first-order valence-corrected chi connectivity index (χ1v) is 11.1. The van der Waals surface area contributed by atoms with Crippen molar-refractivity contribution in [3.63, 3.8) is 0 Å². The highest BCUT2D eigenvalue weighted by Crippen LogP contribution is 2.27. The minimum Gasteiger partial charge on any atom is -0.492 e. The van der Waals surface area contributed by atoms with E-state index in [0.717, 1.165) is 42.8 Å². The minimum atomic E-state index is 0.0687. The van der Waals surface area contributed by atoms with E-state index in [1.807, 2.05) is 59.5 Å². The Morgan fingerprint density at radius 3 is 2.20 bits per heavy atom. The molecular weight excluding hydrogens is 440 g/mol. The molecular formula is C25H25BrN2O2. The summed E-state index contributed by atoms with van der Waals surface area (Å²) in [6, 6.07) is 26.2. The molecule has 1 amide bonds. The number of amides is 1. The van der Waals surface area contributed by atoms with Gasteiger partial charge in [-0.15, -0.1) is 0 Å². The normalized spacial score (nSPS) is 13.9. The zero-order chi connectivity index (χ0) is 20.8. The number of ether oxygens (including phenoxy) is 1. The SMILES string of the molecule is O=C(c1ccc(OCCc2ccccc2)c(Br)c1)N1CCN(c2ccccc2)CC1. The molecule has 4 rings (SSSR count). The van der Waals surface area contributed by atoms with Crippen molar-refractivity contribution in [2.24, 2.45) is 0 Å². The lowest BCUT2D eigenvalue weighted by molar-refractivity contribution is 0.0746. The summed E-state index contributed by atoms with van der Waals surface area (Å²) in [5.74, 6) is 0.829. The molecule has 1 aliphatic heterocycles. The Kier molecular flexibility index (Phi) is 6.70. The standard InChI is InChI=1S/C25H25BrN2O2/c26-23-19-21(11-12-24(23)30-18-13-20-7-3-1-4-8-20)25(29)28-16-14-27(15-17-28)22-9-5-2-6-10-22/h1-12,19H,13-18H2. The van der Waals surface area contributed by atoms with Crippen molar-refractivity contribution in [1.82, 2.24) is 4.90 Å². The van der Waals surface area contributed by atoms with Crippen molar-refractivity contribution in [2.45, 2.75) is 6.42 Å². The number of piperazine rings is 1. The molecule has 3 aromatic carbocycles. The van der Waals surface area contributed by atoms with E-state index in [4.69, 9.17) is 4.74 Å². The molecule has 0 aliphatic carbocycles. The van der Waals surface area contributed by atoms with Crippen LogP contribution < -0.4 is 9.64 Å². The summed E-state index contributed by atoms with van der Waals surface area (Å²) >= 11 is 3.56. The Bertz CT molecular complexity index is 971. The van der Waals surface area contributed by atoms with Crippen molar-refractivity contribution >= 4 is 27.5 Å². The second kappa shape index (κ2) is 9.81. The summed E-state index contributed by atoms with van der Waals surface area (Å²) in [5, 5.41) is 0. The van der Waals surface area contributed by atoms with Gasteiger partial charge in [0.25, 0.3) is 5.91 Å². The number of hydrogen-bond donors (Lipinski definition) is 0. The topological polar surface area (TPSA) is 32.8 Å². The minimum absolute atomic E-state index is 0.0687. The average molecular weight is 465 g/mol. The van der Waals surface area contributed by atoms with Crippen LogP contribution >= 0.6 is 15.9 Å². The van der Waals surface area contributed by atoms with Gasteiger partial charge in [0.15, 0.2) is 0 Å². The van der Waals surface area contributed by atoms with Crippen molar-refractivity contribution < 1.29 is 9.53 Å². The summed E-state index contributed by atoms with van der Waals surface area (Å²) < 4.78 is 6.72. The van der Waals surface area contributed by atoms with E-state index >= 15 is 0 Å². The van der Waals surface area contributed by atoms with E-state index < -0.39 is 0 Å². The molecule has 0 saturated carbocycles. The molecule has 4 nitrogen and oxygen atoms in total. The van der Waals surface area contributed by atoms with Gasteiger partial charge in [-0.3, -0.25) is 4.79 Å². The van der Waals surface area contributed by atoms with Crippen molar-refractivity contribution in [3.8, 4) is 5.75 Å². The van der Waals surface area contributed by atoms with Gasteiger partial charge >= 0.3 is 0 Å². The molecule has 1 saturated heterocycles. The smallest absolute Gasteiger partial charge is 0.254 e. The van der Waals surface area contributed by atoms with Gasteiger partial charge < -0.3 is 14.5 Å². The van der Waals surface area contributed by atoms with E-state index in [9.17, 15) is 4.79 Å². The zero-order valence-corrected chi connectivity index (χ0v) is 18.4. The van der Waals surface area contributed by atoms with E-state index in [0.29, 0.717) is 12.2 Å². The molecule has 0 radical (unpaired) electrons. The van der Waals surface area contributed by atoms with Crippen LogP contribution in [-0.2, 0) is 6.42 Å². The molecule has 1 aliphatic rings. The fourth-order valence-corrected chi connectivity index (χ4v) is 4.16. The second-order valence-corrected chi connectivity index (χ2v) is 8.20. The Labute approximate surface area is 186 Å². The van der Waals surface area contributed by atoms with Crippen molar-refractivity contribution in [2.75, 3.05) is 37.7 Å². The second-order valence-electron chi connectivity index (χ2n) is 7.34. The Hall–Kier alpha value is -2.79. The van der Waals surface area contributed by atoms with Gasteiger partial charge in [-0.1, -0.05) is 48.5 Å². The summed E-state index contributed by atoms with van der Waals surface area (Å²) in [6.07, 6.45) is 0.847. The number of rotatable bonds is 6. The number of carbonyl (C=O) groups excluding carboxylic acids is 1. The highest BCUT2D eigenvalue weighted by Gasteiger charge is 2.22. The van der Waals surface area contributed by atoms with Gasteiger partial charge in [0.2, 0.25) is 0 Å². The van der Waals surface area contributed by atoms with Crippen molar-refractivity contribution in [3.05, 3.63) is 94.5 Å². The third-order valence-corrected chi connectivity index (χ3v) is 5.98. The average Bonchev–Trinajstić information content (AvgIpc) is 2.81. The number of benzene rings is 3.